The van der Waals surface area contributed by atoms with E-state index in [0.29, 0.717) is 23.9 Å². The molecule has 81 heavy (non-hydrogen) atoms. The van der Waals surface area contributed by atoms with Gasteiger partial charge in [-0.05, 0) is 116 Å². The molecule has 2 unspecified atom stereocenters. The second-order valence-corrected chi connectivity index (χ2v) is 22.0. The van der Waals surface area contributed by atoms with Crippen molar-refractivity contribution >= 4 is 17.9 Å². The molecule has 0 saturated carbocycles. The number of ether oxygens (including phenoxy) is 4. The van der Waals surface area contributed by atoms with Crippen molar-refractivity contribution in [2.45, 2.75) is 245 Å². The summed E-state index contributed by atoms with van der Waals surface area (Å²) in [5.41, 5.74) is 0. The predicted molar refractivity (Wildman–Crippen MR) is 345 cm³/mol. The molecule has 0 aromatic carbocycles. The van der Waals surface area contributed by atoms with Crippen LogP contribution >= 0.6 is 0 Å². The van der Waals surface area contributed by atoms with Crippen LogP contribution < -0.4 is 0 Å². The third-order valence-electron chi connectivity index (χ3n) is 13.1. The fourth-order valence-electron chi connectivity index (χ4n) is 8.20. The molecule has 0 amide bonds. The van der Waals surface area contributed by atoms with Crippen molar-refractivity contribution in [1.29, 1.82) is 0 Å². The average Bonchev–Trinajstić information content (AvgIpc) is 3.44. The molecule has 1 N–H and O–H groups in total. The van der Waals surface area contributed by atoms with E-state index in [4.69, 9.17) is 18.9 Å². The van der Waals surface area contributed by atoms with Crippen molar-refractivity contribution in [1.82, 2.24) is 0 Å². The standard InChI is InChI=1S/C72H117NO8/c1-6-8-10-12-14-16-18-20-22-24-26-28-30-32-34-35-37-39-41-43-45-47-49-51-53-55-57-59-61-63-70(75)81-68(67-80-72(71(76)77)78-65-64-73(3,4)5)66-79-69(74)62-60-58-56-54-52-50-48-46-44-42-40-38-36-33-31-29-27-25-23-21-19-17-15-13-11-9-7-2/h8,10,14,16,19-22,25-28,31-34,37,39,43,45,49,51,55,57,68,72H,6-7,9,11-13,15,17-18,23-24,29-30,35-36,38,40-42,44,46-48,50,52-54,56,58-67H2,1-5H3/p+1/b10-8-,16-14-,21-19-,22-20-,27-25-,28-26-,33-31-,34-32-,39-37-,45-43-,51-49-,57-55-. The lowest BCUT2D eigenvalue weighted by atomic mass is 10.0. The number of unbranched alkanes of at least 4 members (excludes halogenated alkanes) is 18. The number of carboxylic acid groups (broad SMARTS) is 1. The lowest BCUT2D eigenvalue weighted by Crippen LogP contribution is -2.40. The highest BCUT2D eigenvalue weighted by Crippen LogP contribution is 2.15. The Bertz CT molecular complexity index is 1840. The summed E-state index contributed by atoms with van der Waals surface area (Å²) < 4.78 is 22.8. The van der Waals surface area contributed by atoms with Crippen LogP contribution in [0.3, 0.4) is 0 Å². The summed E-state index contributed by atoms with van der Waals surface area (Å²) in [5, 5.41) is 9.72. The maximum absolute atomic E-state index is 12.9. The zero-order chi connectivity index (χ0) is 59.1. The number of carboxylic acids is 1. The number of hydrogen-bond acceptors (Lipinski definition) is 7. The Labute approximate surface area is 496 Å². The van der Waals surface area contributed by atoms with Crippen molar-refractivity contribution in [3.63, 3.8) is 0 Å². The van der Waals surface area contributed by atoms with Gasteiger partial charge in [-0.2, -0.15) is 0 Å². The minimum absolute atomic E-state index is 0.168. The normalized spacial score (nSPS) is 13.7. The summed E-state index contributed by atoms with van der Waals surface area (Å²) in [7, 11) is 5.94. The highest BCUT2D eigenvalue weighted by Gasteiger charge is 2.25. The number of esters is 2. The monoisotopic (exact) mass is 1120 g/mol. The van der Waals surface area contributed by atoms with Crippen LogP contribution in [-0.4, -0.2) is 87.4 Å². The van der Waals surface area contributed by atoms with E-state index in [1.54, 1.807) is 0 Å². The fourth-order valence-corrected chi connectivity index (χ4v) is 8.20. The van der Waals surface area contributed by atoms with Gasteiger partial charge in [-0.3, -0.25) is 9.59 Å². The van der Waals surface area contributed by atoms with Crippen LogP contribution in [0.15, 0.2) is 146 Å². The highest BCUT2D eigenvalue weighted by atomic mass is 16.7. The second-order valence-electron chi connectivity index (χ2n) is 22.0. The molecule has 0 heterocycles. The summed E-state index contributed by atoms with van der Waals surface area (Å²) in [4.78, 5) is 37.5. The minimum Gasteiger partial charge on any atom is -0.477 e. The molecule has 0 spiro atoms. The largest absolute Gasteiger partial charge is 0.477 e. The van der Waals surface area contributed by atoms with Gasteiger partial charge in [0, 0.05) is 12.8 Å². The first kappa shape index (κ1) is 76.2. The number of carbonyl (C=O) groups is 3. The van der Waals surface area contributed by atoms with Gasteiger partial charge < -0.3 is 28.5 Å². The van der Waals surface area contributed by atoms with Crippen molar-refractivity contribution in [3.05, 3.63) is 146 Å². The Morgan fingerprint density at radius 3 is 1.09 bits per heavy atom. The molecule has 0 saturated heterocycles. The number of nitrogens with zero attached hydrogens (tertiary/aromatic N) is 1. The summed E-state index contributed by atoms with van der Waals surface area (Å²) >= 11 is 0. The van der Waals surface area contributed by atoms with Gasteiger partial charge in [-0.15, -0.1) is 0 Å². The molecule has 2 atom stereocenters. The number of carbonyl (C=O) groups excluding carboxylic acids is 2. The van der Waals surface area contributed by atoms with E-state index >= 15 is 0 Å². The Morgan fingerprint density at radius 1 is 0.383 bits per heavy atom. The Hall–Kier alpha value is -4.83. The first-order valence-corrected chi connectivity index (χ1v) is 32.0. The molecule has 458 valence electrons. The van der Waals surface area contributed by atoms with Crippen LogP contribution in [0.4, 0.5) is 0 Å². The first-order chi connectivity index (χ1) is 39.6. The van der Waals surface area contributed by atoms with Crippen LogP contribution in [0.2, 0.25) is 0 Å². The van der Waals surface area contributed by atoms with Gasteiger partial charge in [0.15, 0.2) is 6.10 Å². The smallest absolute Gasteiger partial charge is 0.361 e. The van der Waals surface area contributed by atoms with Gasteiger partial charge in [0.2, 0.25) is 0 Å². The summed E-state index contributed by atoms with van der Waals surface area (Å²) in [6.45, 7) is 4.67. The summed E-state index contributed by atoms with van der Waals surface area (Å²) in [6, 6.07) is 0. The number of hydrogen-bond donors (Lipinski definition) is 1. The molecule has 9 nitrogen and oxygen atoms in total. The Kier molecular flexibility index (Phi) is 57.6. The zero-order valence-electron chi connectivity index (χ0n) is 52.1. The molecule has 0 aromatic rings. The van der Waals surface area contributed by atoms with Crippen molar-refractivity contribution in [3.8, 4) is 0 Å². The van der Waals surface area contributed by atoms with Gasteiger partial charge in [-0.1, -0.05) is 250 Å². The van der Waals surface area contributed by atoms with E-state index in [2.05, 4.69) is 160 Å². The summed E-state index contributed by atoms with van der Waals surface area (Å²) in [5.74, 6) is -2.10. The molecule has 0 bridgehead atoms. The number of quaternary nitrogens is 1. The molecule has 0 aromatic heterocycles. The molecular weight excluding hydrogens is 1010 g/mol. The molecular formula is C72H118NO8+. The Morgan fingerprint density at radius 2 is 0.716 bits per heavy atom. The van der Waals surface area contributed by atoms with E-state index < -0.39 is 24.3 Å². The molecule has 0 aliphatic rings. The van der Waals surface area contributed by atoms with Crippen molar-refractivity contribution < 1.29 is 42.9 Å². The third kappa shape index (κ3) is 62.6. The van der Waals surface area contributed by atoms with Crippen LogP contribution in [-0.2, 0) is 33.3 Å². The van der Waals surface area contributed by atoms with Gasteiger partial charge in [-0.25, -0.2) is 4.79 Å². The maximum Gasteiger partial charge on any atom is 0.361 e. The van der Waals surface area contributed by atoms with Gasteiger partial charge >= 0.3 is 17.9 Å². The van der Waals surface area contributed by atoms with Crippen LogP contribution in [0.25, 0.3) is 0 Å². The minimum atomic E-state index is -1.54. The van der Waals surface area contributed by atoms with Crippen LogP contribution in [0.1, 0.15) is 232 Å². The molecule has 0 aliphatic carbocycles. The fraction of sp³-hybridized carbons (Fsp3) is 0.625. The van der Waals surface area contributed by atoms with Gasteiger partial charge in [0.05, 0.1) is 34.4 Å². The number of allylic oxidation sites excluding steroid dienone is 24. The van der Waals surface area contributed by atoms with E-state index in [1.807, 2.05) is 21.1 Å². The topological polar surface area (TPSA) is 108 Å². The van der Waals surface area contributed by atoms with Crippen LogP contribution in [0, 0.1) is 0 Å². The van der Waals surface area contributed by atoms with Crippen molar-refractivity contribution in [2.75, 3.05) is 47.5 Å². The number of likely N-dealkylation sites (N-methyl/N-ethyl adjacent to an activating group) is 1. The van der Waals surface area contributed by atoms with Gasteiger partial charge in [0.25, 0.3) is 6.29 Å². The predicted octanol–water partition coefficient (Wildman–Crippen LogP) is 19.6. The average molecular weight is 1130 g/mol. The maximum atomic E-state index is 12.9. The third-order valence-corrected chi connectivity index (χ3v) is 13.1. The SMILES string of the molecule is CC/C=C\C/C=C\C/C=C\C/C=C\C/C=C\C/C=C\C/C=C\C/C=C\C/C=C\CCCC(=O)OC(COC(=O)CCCCCCCCCCCCCC/C=C\C/C=C\C/C=C\CCCCCCC)COC(OCC[N+](C)(C)C)C(=O)O. The van der Waals surface area contributed by atoms with E-state index in [0.717, 1.165) is 89.9 Å². The quantitative estimate of drug-likeness (QED) is 0.0211. The van der Waals surface area contributed by atoms with Crippen molar-refractivity contribution in [2.24, 2.45) is 0 Å². The lowest BCUT2D eigenvalue weighted by Gasteiger charge is -2.25. The summed E-state index contributed by atoms with van der Waals surface area (Å²) in [6.07, 6.45) is 86.6. The second kappa shape index (κ2) is 61.2. The first-order valence-electron chi connectivity index (χ1n) is 32.0. The van der Waals surface area contributed by atoms with Crippen LogP contribution in [0.5, 0.6) is 0 Å². The van der Waals surface area contributed by atoms with E-state index in [1.165, 1.54) is 103 Å². The molecule has 0 radical (unpaired) electrons. The van der Waals surface area contributed by atoms with Gasteiger partial charge in [0.1, 0.15) is 13.2 Å². The Balaban J connectivity index is 4.34. The van der Waals surface area contributed by atoms with E-state index in [9.17, 15) is 19.5 Å². The molecule has 0 aliphatic heterocycles. The van der Waals surface area contributed by atoms with E-state index in [-0.39, 0.29) is 38.6 Å². The molecule has 0 rings (SSSR count). The number of aliphatic carboxylic acids is 1. The number of rotatable bonds is 57. The molecule has 9 heteroatoms. The lowest BCUT2D eigenvalue weighted by molar-refractivity contribution is -0.870. The highest BCUT2D eigenvalue weighted by molar-refractivity contribution is 5.71. The zero-order valence-corrected chi connectivity index (χ0v) is 52.1. The molecule has 0 fully saturated rings.